The molecule has 0 bridgehead atoms. The topological polar surface area (TPSA) is 67.3 Å². The Morgan fingerprint density at radius 2 is 1.95 bits per heavy atom. The van der Waals surface area contributed by atoms with Gasteiger partial charge in [0.25, 0.3) is 0 Å². The molecule has 4 aromatic rings. The first-order chi connectivity index (χ1) is 9.83. The maximum atomic E-state index is 6.00. The molecular formula is C14H8ClN5. The van der Waals surface area contributed by atoms with Crippen molar-refractivity contribution in [2.75, 3.05) is 0 Å². The summed E-state index contributed by atoms with van der Waals surface area (Å²) in [7, 11) is 0. The molecule has 6 heteroatoms. The zero-order valence-corrected chi connectivity index (χ0v) is 11.0. The minimum atomic E-state index is 0.192. The summed E-state index contributed by atoms with van der Waals surface area (Å²) >= 11 is 6.00. The Bertz CT molecular complexity index is 926. The molecule has 0 saturated carbocycles. The van der Waals surface area contributed by atoms with E-state index in [4.69, 9.17) is 11.6 Å². The second-order valence-electron chi connectivity index (χ2n) is 4.35. The molecule has 0 unspecified atom stereocenters. The summed E-state index contributed by atoms with van der Waals surface area (Å²) in [5, 5.41) is 8.88. The molecule has 0 amide bonds. The Morgan fingerprint density at radius 1 is 1.00 bits per heavy atom. The van der Waals surface area contributed by atoms with Gasteiger partial charge in [0.1, 0.15) is 0 Å². The molecule has 0 aliphatic heterocycles. The number of hydrogen-bond donors (Lipinski definition) is 1. The van der Waals surface area contributed by atoms with Crippen molar-refractivity contribution < 1.29 is 0 Å². The molecule has 0 fully saturated rings. The Kier molecular flexibility index (Phi) is 2.40. The van der Waals surface area contributed by atoms with E-state index in [1.54, 1.807) is 12.4 Å². The molecule has 1 aromatic carbocycles. The molecule has 0 saturated heterocycles. The van der Waals surface area contributed by atoms with Crippen LogP contribution in [0.3, 0.4) is 0 Å². The maximum absolute atomic E-state index is 6.00. The predicted molar refractivity (Wildman–Crippen MR) is 77.4 cm³/mol. The highest BCUT2D eigenvalue weighted by Gasteiger charge is 2.13. The molecule has 4 rings (SSSR count). The fourth-order valence-corrected chi connectivity index (χ4v) is 2.49. The van der Waals surface area contributed by atoms with Crippen LogP contribution in [0, 0.1) is 0 Å². The quantitative estimate of drug-likeness (QED) is 0.544. The fourth-order valence-electron chi connectivity index (χ4n) is 2.32. The number of nitrogens with one attached hydrogen (secondary N) is 1. The molecule has 3 heterocycles. The van der Waals surface area contributed by atoms with Crippen molar-refractivity contribution in [3.63, 3.8) is 0 Å². The number of hydrogen-bond acceptors (Lipinski definition) is 4. The van der Waals surface area contributed by atoms with Gasteiger partial charge in [-0.05, 0) is 23.7 Å². The normalized spacial score (nSPS) is 11.2. The average molecular weight is 282 g/mol. The molecule has 0 aliphatic rings. The van der Waals surface area contributed by atoms with Gasteiger partial charge in [-0.1, -0.05) is 18.2 Å². The van der Waals surface area contributed by atoms with Crippen molar-refractivity contribution in [3.8, 4) is 11.3 Å². The van der Waals surface area contributed by atoms with Gasteiger partial charge in [0.2, 0.25) is 5.28 Å². The van der Waals surface area contributed by atoms with E-state index in [1.807, 2.05) is 30.3 Å². The highest BCUT2D eigenvalue weighted by Crippen LogP contribution is 2.31. The molecule has 5 nitrogen and oxygen atoms in total. The standard InChI is InChI=1S/C14H8ClN5/c15-14-18-12(10-7-17-20-13(10)19-14)9-3-1-5-11-8(9)4-2-6-16-11/h1-7H,(H,17,18,19,20). The largest absolute Gasteiger partial charge is 0.261 e. The van der Waals surface area contributed by atoms with Crippen molar-refractivity contribution in [3.05, 3.63) is 48.0 Å². The molecule has 0 spiro atoms. The summed E-state index contributed by atoms with van der Waals surface area (Å²) in [5.74, 6) is 0. The van der Waals surface area contributed by atoms with Crippen LogP contribution < -0.4 is 0 Å². The monoisotopic (exact) mass is 281 g/mol. The zero-order chi connectivity index (χ0) is 13.5. The van der Waals surface area contributed by atoms with E-state index in [0.717, 1.165) is 27.5 Å². The van der Waals surface area contributed by atoms with E-state index in [-0.39, 0.29) is 5.28 Å². The van der Waals surface area contributed by atoms with Gasteiger partial charge in [0.15, 0.2) is 5.65 Å². The molecule has 96 valence electrons. The van der Waals surface area contributed by atoms with Crippen LogP contribution >= 0.6 is 11.6 Å². The Morgan fingerprint density at radius 3 is 2.90 bits per heavy atom. The van der Waals surface area contributed by atoms with Crippen LogP contribution in [-0.2, 0) is 0 Å². The number of pyridine rings is 1. The number of aromatic nitrogens is 5. The van der Waals surface area contributed by atoms with Gasteiger partial charge in [-0.25, -0.2) is 4.98 Å². The van der Waals surface area contributed by atoms with Crippen molar-refractivity contribution in [2.45, 2.75) is 0 Å². The van der Waals surface area contributed by atoms with E-state index in [2.05, 4.69) is 25.1 Å². The molecule has 1 N–H and O–H groups in total. The highest BCUT2D eigenvalue weighted by atomic mass is 35.5. The van der Waals surface area contributed by atoms with Gasteiger partial charge in [-0.3, -0.25) is 10.1 Å². The summed E-state index contributed by atoms with van der Waals surface area (Å²) < 4.78 is 0. The van der Waals surface area contributed by atoms with Crippen LogP contribution in [0.4, 0.5) is 0 Å². The van der Waals surface area contributed by atoms with Gasteiger partial charge in [0, 0.05) is 17.1 Å². The van der Waals surface area contributed by atoms with Crippen LogP contribution in [0.15, 0.2) is 42.7 Å². The number of fused-ring (bicyclic) bond motifs is 2. The summed E-state index contributed by atoms with van der Waals surface area (Å²) in [6, 6.07) is 9.83. The third kappa shape index (κ3) is 1.64. The lowest BCUT2D eigenvalue weighted by Crippen LogP contribution is -1.91. The maximum Gasteiger partial charge on any atom is 0.224 e. The SMILES string of the molecule is Clc1nc(-c2cccc3ncccc23)c2cn[nH]c2n1. The van der Waals surface area contributed by atoms with Gasteiger partial charge in [-0.15, -0.1) is 0 Å². The molecule has 3 aromatic heterocycles. The van der Waals surface area contributed by atoms with E-state index >= 15 is 0 Å². The average Bonchev–Trinajstić information content (AvgIpc) is 2.94. The summed E-state index contributed by atoms with van der Waals surface area (Å²) in [5.41, 5.74) is 3.26. The van der Waals surface area contributed by atoms with Crippen LogP contribution in [0.1, 0.15) is 0 Å². The van der Waals surface area contributed by atoms with Crippen LogP contribution in [0.25, 0.3) is 33.2 Å². The minimum Gasteiger partial charge on any atom is -0.261 e. The minimum absolute atomic E-state index is 0.192. The first kappa shape index (κ1) is 11.3. The lowest BCUT2D eigenvalue weighted by Gasteiger charge is -2.06. The van der Waals surface area contributed by atoms with Gasteiger partial charge in [-0.2, -0.15) is 10.1 Å². The van der Waals surface area contributed by atoms with E-state index in [0.29, 0.717) is 5.65 Å². The number of nitrogens with zero attached hydrogens (tertiary/aromatic N) is 4. The van der Waals surface area contributed by atoms with Crippen molar-refractivity contribution in [1.82, 2.24) is 25.1 Å². The van der Waals surface area contributed by atoms with E-state index in [1.165, 1.54) is 0 Å². The second kappa shape index (κ2) is 4.25. The number of aromatic amines is 1. The van der Waals surface area contributed by atoms with Crippen molar-refractivity contribution in [2.24, 2.45) is 0 Å². The zero-order valence-electron chi connectivity index (χ0n) is 10.2. The third-order valence-electron chi connectivity index (χ3n) is 3.18. The molecule has 20 heavy (non-hydrogen) atoms. The Labute approximate surface area is 118 Å². The first-order valence-corrected chi connectivity index (χ1v) is 6.41. The molecular weight excluding hydrogens is 274 g/mol. The van der Waals surface area contributed by atoms with Gasteiger partial charge in [0.05, 0.1) is 22.8 Å². The highest BCUT2D eigenvalue weighted by molar-refractivity contribution is 6.28. The summed E-state index contributed by atoms with van der Waals surface area (Å²) in [4.78, 5) is 12.8. The van der Waals surface area contributed by atoms with Gasteiger partial charge >= 0.3 is 0 Å². The lowest BCUT2D eigenvalue weighted by atomic mass is 10.0. The summed E-state index contributed by atoms with van der Waals surface area (Å²) in [6.45, 7) is 0. The van der Waals surface area contributed by atoms with Crippen LogP contribution in [0.5, 0.6) is 0 Å². The smallest absolute Gasteiger partial charge is 0.224 e. The number of rotatable bonds is 1. The molecule has 0 atom stereocenters. The van der Waals surface area contributed by atoms with Crippen LogP contribution in [0.2, 0.25) is 5.28 Å². The van der Waals surface area contributed by atoms with E-state index < -0.39 is 0 Å². The molecule has 0 aliphatic carbocycles. The first-order valence-electron chi connectivity index (χ1n) is 6.04. The van der Waals surface area contributed by atoms with E-state index in [9.17, 15) is 0 Å². The fraction of sp³-hybridized carbons (Fsp3) is 0. The number of benzene rings is 1. The molecule has 0 radical (unpaired) electrons. The summed E-state index contributed by atoms with van der Waals surface area (Å²) in [6.07, 6.45) is 3.47. The Hall–Kier alpha value is -2.53. The number of halogens is 1. The second-order valence-corrected chi connectivity index (χ2v) is 4.69. The third-order valence-corrected chi connectivity index (χ3v) is 3.35. The predicted octanol–water partition coefficient (Wildman–Crippen LogP) is 3.22. The van der Waals surface area contributed by atoms with Crippen LogP contribution in [-0.4, -0.2) is 25.1 Å². The van der Waals surface area contributed by atoms with Crippen molar-refractivity contribution >= 4 is 33.5 Å². The van der Waals surface area contributed by atoms with Crippen molar-refractivity contribution in [1.29, 1.82) is 0 Å². The Balaban J connectivity index is 2.14. The number of H-pyrrole nitrogens is 1. The van der Waals surface area contributed by atoms with Gasteiger partial charge < -0.3 is 0 Å². The lowest BCUT2D eigenvalue weighted by molar-refractivity contribution is 1.09.